The second-order valence-corrected chi connectivity index (χ2v) is 8.45. The number of esters is 1. The third-order valence-corrected chi connectivity index (χ3v) is 6.61. The van der Waals surface area contributed by atoms with Crippen molar-refractivity contribution in [3.8, 4) is 11.5 Å². The number of hydrogen-bond acceptors (Lipinski definition) is 6. The molecular weight excluding hydrogens is 384 g/mol. The number of ketones is 2. The zero-order valence-corrected chi connectivity index (χ0v) is 18.4. The maximum absolute atomic E-state index is 12.9. The molecule has 1 saturated carbocycles. The van der Waals surface area contributed by atoms with Gasteiger partial charge in [-0.1, -0.05) is 12.5 Å². The molecule has 2 aliphatic carbocycles. The number of ether oxygens (including phenoxy) is 3. The van der Waals surface area contributed by atoms with E-state index in [2.05, 4.69) is 6.92 Å². The van der Waals surface area contributed by atoms with E-state index in [9.17, 15) is 14.4 Å². The summed E-state index contributed by atoms with van der Waals surface area (Å²) in [4.78, 5) is 37.1. The molecule has 0 N–H and O–H groups in total. The predicted molar refractivity (Wildman–Crippen MR) is 112 cm³/mol. The third kappa shape index (κ3) is 4.13. The number of carbonyl (C=O) groups excluding carboxylic acids is 3. The van der Waals surface area contributed by atoms with Gasteiger partial charge < -0.3 is 14.2 Å². The average molecular weight is 414 g/mol. The fourth-order valence-corrected chi connectivity index (χ4v) is 4.93. The van der Waals surface area contributed by atoms with Crippen LogP contribution < -0.4 is 9.47 Å². The predicted octanol–water partition coefficient (Wildman–Crippen LogP) is 4.16. The molecular formula is C24H30O6. The minimum atomic E-state index is -0.476. The van der Waals surface area contributed by atoms with Gasteiger partial charge in [0.15, 0.2) is 5.78 Å². The van der Waals surface area contributed by atoms with Crippen LogP contribution in [-0.4, -0.2) is 37.9 Å². The maximum atomic E-state index is 12.9. The summed E-state index contributed by atoms with van der Waals surface area (Å²) in [5, 5.41) is 0. The molecule has 1 fully saturated rings. The first-order valence-corrected chi connectivity index (χ1v) is 10.4. The lowest BCUT2D eigenvalue weighted by Gasteiger charge is -2.37. The molecule has 3 rings (SSSR count). The average Bonchev–Trinajstić information content (AvgIpc) is 3.02. The molecule has 0 aliphatic heterocycles. The van der Waals surface area contributed by atoms with Gasteiger partial charge in [-0.25, -0.2) is 0 Å². The molecule has 1 aromatic rings. The van der Waals surface area contributed by atoms with Gasteiger partial charge in [-0.2, -0.15) is 0 Å². The Labute approximate surface area is 177 Å². The Balaban J connectivity index is 2.01. The Kier molecular flexibility index (Phi) is 6.34. The molecule has 0 amide bonds. The minimum Gasteiger partial charge on any atom is -0.497 e. The molecule has 3 atom stereocenters. The van der Waals surface area contributed by atoms with Gasteiger partial charge in [-0.15, -0.1) is 0 Å². The van der Waals surface area contributed by atoms with Crippen molar-refractivity contribution in [1.82, 2.24) is 0 Å². The van der Waals surface area contributed by atoms with Crippen LogP contribution in [-0.2, 0) is 19.1 Å². The molecule has 0 radical (unpaired) electrons. The summed E-state index contributed by atoms with van der Waals surface area (Å²) >= 11 is 0. The van der Waals surface area contributed by atoms with Crippen molar-refractivity contribution in [2.45, 2.75) is 64.9 Å². The number of carbonyl (C=O) groups is 3. The lowest BCUT2D eigenvalue weighted by atomic mass is 9.69. The molecule has 1 unspecified atom stereocenters. The van der Waals surface area contributed by atoms with Crippen molar-refractivity contribution < 1.29 is 28.6 Å². The molecule has 2 aliphatic rings. The quantitative estimate of drug-likeness (QED) is 0.624. The van der Waals surface area contributed by atoms with Crippen LogP contribution in [0.5, 0.6) is 11.5 Å². The van der Waals surface area contributed by atoms with Crippen LogP contribution in [0.1, 0.15) is 64.4 Å². The summed E-state index contributed by atoms with van der Waals surface area (Å²) in [5.74, 6) is 0.495. The molecule has 6 heteroatoms. The largest absolute Gasteiger partial charge is 0.497 e. The summed E-state index contributed by atoms with van der Waals surface area (Å²) < 4.78 is 16.3. The van der Waals surface area contributed by atoms with Crippen molar-refractivity contribution in [2.24, 2.45) is 5.41 Å². The van der Waals surface area contributed by atoms with Gasteiger partial charge in [-0.05, 0) is 55.9 Å². The summed E-state index contributed by atoms with van der Waals surface area (Å²) in [6.07, 6.45) is 2.60. The van der Waals surface area contributed by atoms with E-state index in [4.69, 9.17) is 14.2 Å². The fourth-order valence-electron chi connectivity index (χ4n) is 4.93. The number of fused-ring (bicyclic) bond motifs is 1. The van der Waals surface area contributed by atoms with E-state index in [1.807, 2.05) is 12.1 Å². The Bertz CT molecular complexity index is 877. The van der Waals surface area contributed by atoms with Crippen LogP contribution in [0.3, 0.4) is 0 Å². The number of allylic oxidation sites excluding steroid dienone is 1. The molecule has 0 saturated heterocycles. The number of methoxy groups -OCH3 is 2. The molecule has 0 spiro atoms. The van der Waals surface area contributed by atoms with Crippen molar-refractivity contribution in [3.05, 3.63) is 34.9 Å². The van der Waals surface area contributed by atoms with E-state index < -0.39 is 5.92 Å². The van der Waals surface area contributed by atoms with E-state index in [1.165, 1.54) is 6.92 Å². The monoisotopic (exact) mass is 414 g/mol. The highest BCUT2D eigenvalue weighted by atomic mass is 16.5. The summed E-state index contributed by atoms with van der Waals surface area (Å²) in [7, 11) is 3.13. The van der Waals surface area contributed by atoms with E-state index in [0.717, 1.165) is 16.7 Å². The second-order valence-electron chi connectivity index (χ2n) is 8.45. The lowest BCUT2D eigenvalue weighted by molar-refractivity contribution is -0.150. The SMILES string of the molecule is COc1cc(OC)cc(C(CC2=C3CC[C@H](OC(C)=O)[C@@]3(C)CCC2=O)C(C)=O)c1. The number of Topliss-reactive ketones (excluding diaryl/α,β-unsaturated/α-hetero) is 2. The van der Waals surface area contributed by atoms with Crippen LogP contribution in [0.15, 0.2) is 29.3 Å². The maximum Gasteiger partial charge on any atom is 0.302 e. The molecule has 0 bridgehead atoms. The van der Waals surface area contributed by atoms with Crippen molar-refractivity contribution in [1.29, 1.82) is 0 Å². The van der Waals surface area contributed by atoms with E-state index in [-0.39, 0.29) is 29.1 Å². The normalized spacial score (nSPS) is 24.3. The molecule has 30 heavy (non-hydrogen) atoms. The van der Waals surface area contributed by atoms with Crippen LogP contribution in [0.25, 0.3) is 0 Å². The van der Waals surface area contributed by atoms with Gasteiger partial charge in [-0.3, -0.25) is 14.4 Å². The molecule has 162 valence electrons. The summed E-state index contributed by atoms with van der Waals surface area (Å²) in [5.41, 5.74) is 2.19. The number of hydrogen-bond donors (Lipinski definition) is 0. The van der Waals surface area contributed by atoms with Gasteiger partial charge in [0.05, 0.1) is 14.2 Å². The topological polar surface area (TPSA) is 78.9 Å². The fraction of sp³-hybridized carbons (Fsp3) is 0.542. The zero-order valence-electron chi connectivity index (χ0n) is 18.4. The number of rotatable bonds is 7. The Morgan fingerprint density at radius 3 is 2.27 bits per heavy atom. The highest BCUT2D eigenvalue weighted by molar-refractivity contribution is 5.99. The van der Waals surface area contributed by atoms with Crippen molar-refractivity contribution >= 4 is 17.5 Å². The Hall–Kier alpha value is -2.63. The van der Waals surface area contributed by atoms with Crippen LogP contribution in [0.4, 0.5) is 0 Å². The zero-order chi connectivity index (χ0) is 22.1. The Morgan fingerprint density at radius 2 is 1.73 bits per heavy atom. The van der Waals surface area contributed by atoms with E-state index in [1.54, 1.807) is 27.2 Å². The van der Waals surface area contributed by atoms with Gasteiger partial charge in [0.25, 0.3) is 0 Å². The molecule has 0 aromatic heterocycles. The highest BCUT2D eigenvalue weighted by Crippen LogP contribution is 2.53. The van der Waals surface area contributed by atoms with Crippen LogP contribution in [0.2, 0.25) is 0 Å². The first-order valence-electron chi connectivity index (χ1n) is 10.4. The van der Waals surface area contributed by atoms with Gasteiger partial charge in [0.1, 0.15) is 23.4 Å². The standard InChI is InChI=1S/C24H30O6/c1-14(25)19(16-10-17(28-4)12-18(11-16)29-5)13-20-21-6-7-23(30-15(2)26)24(21,3)9-8-22(20)27/h10-12,19,23H,6-9,13H2,1-5H3/t19?,23-,24-/m0/s1. The smallest absolute Gasteiger partial charge is 0.302 e. The van der Waals surface area contributed by atoms with Crippen molar-refractivity contribution in [2.75, 3.05) is 14.2 Å². The van der Waals surface area contributed by atoms with E-state index >= 15 is 0 Å². The first-order chi connectivity index (χ1) is 14.2. The third-order valence-electron chi connectivity index (χ3n) is 6.61. The lowest BCUT2D eigenvalue weighted by Crippen LogP contribution is -2.36. The Morgan fingerprint density at radius 1 is 1.10 bits per heavy atom. The van der Waals surface area contributed by atoms with E-state index in [0.29, 0.717) is 43.6 Å². The van der Waals surface area contributed by atoms with Crippen LogP contribution in [0, 0.1) is 5.41 Å². The van der Waals surface area contributed by atoms with Crippen molar-refractivity contribution in [3.63, 3.8) is 0 Å². The molecule has 6 nitrogen and oxygen atoms in total. The number of benzene rings is 1. The van der Waals surface area contributed by atoms with Gasteiger partial charge in [0.2, 0.25) is 0 Å². The molecule has 1 aromatic carbocycles. The van der Waals surface area contributed by atoms with Gasteiger partial charge in [0, 0.05) is 30.7 Å². The van der Waals surface area contributed by atoms with Gasteiger partial charge >= 0.3 is 5.97 Å². The first kappa shape index (κ1) is 22.1. The minimum absolute atomic E-state index is 0.0204. The molecule has 0 heterocycles. The summed E-state index contributed by atoms with van der Waals surface area (Å²) in [6.45, 7) is 5.04. The second kappa shape index (κ2) is 8.62. The summed E-state index contributed by atoms with van der Waals surface area (Å²) in [6, 6.07) is 5.40. The van der Waals surface area contributed by atoms with Crippen LogP contribution >= 0.6 is 0 Å². The highest BCUT2D eigenvalue weighted by Gasteiger charge is 2.49.